The van der Waals surface area contributed by atoms with Gasteiger partial charge in [0.25, 0.3) is 0 Å². The quantitative estimate of drug-likeness (QED) is 0.246. The molecule has 4 aromatic rings. The van der Waals surface area contributed by atoms with E-state index in [4.69, 9.17) is 16.6 Å². The SMILES string of the molecule is O=C(CCN1C(=S)N[C@H](c2ccccn2)[C@H]1c1ccc(-c2ccc(F)cc2Br)o1)Nc1ccccc1F. The number of carbonyl (C=O) groups is 1. The molecule has 1 aliphatic heterocycles. The summed E-state index contributed by atoms with van der Waals surface area (Å²) in [6.07, 6.45) is 1.77. The molecular weight excluding hydrogens is 562 g/mol. The number of thiocarbonyl (C=S) groups is 1. The van der Waals surface area contributed by atoms with Crippen molar-refractivity contribution in [3.05, 3.63) is 107 Å². The Hall–Kier alpha value is -3.63. The topological polar surface area (TPSA) is 70.4 Å². The summed E-state index contributed by atoms with van der Waals surface area (Å²) in [6, 6.07) is 18.9. The third kappa shape index (κ3) is 5.40. The fourth-order valence-corrected chi connectivity index (χ4v) is 5.18. The number of carbonyl (C=O) groups excluding carboxylic acids is 1. The predicted molar refractivity (Wildman–Crippen MR) is 144 cm³/mol. The van der Waals surface area contributed by atoms with Crippen LogP contribution in [-0.2, 0) is 4.79 Å². The molecule has 2 atom stereocenters. The van der Waals surface area contributed by atoms with Gasteiger partial charge in [-0.1, -0.05) is 18.2 Å². The van der Waals surface area contributed by atoms with Gasteiger partial charge < -0.3 is 20.0 Å². The van der Waals surface area contributed by atoms with Crippen LogP contribution in [0.4, 0.5) is 14.5 Å². The fourth-order valence-electron chi connectivity index (χ4n) is 4.30. The van der Waals surface area contributed by atoms with E-state index in [9.17, 15) is 13.6 Å². The Morgan fingerprint density at radius 3 is 2.68 bits per heavy atom. The lowest BCUT2D eigenvalue weighted by atomic mass is 10.0. The molecule has 0 unspecified atom stereocenters. The molecule has 1 saturated heterocycles. The van der Waals surface area contributed by atoms with E-state index in [1.54, 1.807) is 24.4 Å². The third-order valence-electron chi connectivity index (χ3n) is 6.04. The minimum absolute atomic E-state index is 0.0681. The molecule has 6 nitrogen and oxygen atoms in total. The molecule has 37 heavy (non-hydrogen) atoms. The van der Waals surface area contributed by atoms with Gasteiger partial charge in [0.15, 0.2) is 5.11 Å². The van der Waals surface area contributed by atoms with Crippen molar-refractivity contribution in [3.63, 3.8) is 0 Å². The van der Waals surface area contributed by atoms with Crippen molar-refractivity contribution in [3.8, 4) is 11.3 Å². The lowest BCUT2D eigenvalue weighted by Crippen LogP contribution is -2.32. The third-order valence-corrected chi connectivity index (χ3v) is 7.05. The molecule has 1 fully saturated rings. The smallest absolute Gasteiger partial charge is 0.226 e. The summed E-state index contributed by atoms with van der Waals surface area (Å²) in [5, 5.41) is 6.36. The summed E-state index contributed by atoms with van der Waals surface area (Å²) >= 11 is 9.03. The zero-order chi connectivity index (χ0) is 25.9. The van der Waals surface area contributed by atoms with Crippen LogP contribution in [0.25, 0.3) is 11.3 Å². The highest BCUT2D eigenvalue weighted by molar-refractivity contribution is 9.10. The Balaban J connectivity index is 1.42. The van der Waals surface area contributed by atoms with E-state index in [0.29, 0.717) is 26.7 Å². The Labute approximate surface area is 225 Å². The molecule has 3 heterocycles. The van der Waals surface area contributed by atoms with E-state index < -0.39 is 11.9 Å². The summed E-state index contributed by atoms with van der Waals surface area (Å²) in [5.74, 6) is -0.0519. The van der Waals surface area contributed by atoms with Gasteiger partial charge in [-0.15, -0.1) is 0 Å². The van der Waals surface area contributed by atoms with E-state index in [1.807, 2.05) is 35.2 Å². The van der Waals surface area contributed by atoms with Crippen LogP contribution in [0.3, 0.4) is 0 Å². The number of benzene rings is 2. The number of aromatic nitrogens is 1. The normalized spacial score (nSPS) is 17.1. The first-order valence-electron chi connectivity index (χ1n) is 11.5. The number of para-hydroxylation sites is 1. The number of anilines is 1. The number of amides is 1. The zero-order valence-corrected chi connectivity index (χ0v) is 21.7. The largest absolute Gasteiger partial charge is 0.459 e. The van der Waals surface area contributed by atoms with E-state index in [0.717, 1.165) is 5.69 Å². The molecule has 0 radical (unpaired) electrons. The maximum Gasteiger partial charge on any atom is 0.226 e. The van der Waals surface area contributed by atoms with E-state index >= 15 is 0 Å². The fraction of sp³-hybridized carbons (Fsp3) is 0.148. The second kappa shape index (κ2) is 10.8. The molecule has 1 amide bonds. The van der Waals surface area contributed by atoms with Crippen molar-refractivity contribution in [1.29, 1.82) is 0 Å². The summed E-state index contributed by atoms with van der Waals surface area (Å²) in [7, 11) is 0. The van der Waals surface area contributed by atoms with Crippen LogP contribution in [0.2, 0.25) is 0 Å². The number of nitrogens with zero attached hydrogens (tertiary/aromatic N) is 2. The first-order chi connectivity index (χ1) is 17.9. The summed E-state index contributed by atoms with van der Waals surface area (Å²) in [5.41, 5.74) is 1.58. The molecule has 2 aromatic carbocycles. The first kappa shape index (κ1) is 25.0. The number of hydrogen-bond acceptors (Lipinski definition) is 4. The van der Waals surface area contributed by atoms with Crippen LogP contribution in [0.15, 0.2) is 87.9 Å². The Morgan fingerprint density at radius 1 is 1.11 bits per heavy atom. The van der Waals surface area contributed by atoms with Crippen LogP contribution in [0, 0.1) is 11.6 Å². The molecule has 0 aliphatic carbocycles. The Kier molecular flexibility index (Phi) is 7.29. The van der Waals surface area contributed by atoms with Gasteiger partial charge in [0, 0.05) is 29.2 Å². The van der Waals surface area contributed by atoms with E-state index in [-0.39, 0.29) is 36.4 Å². The lowest BCUT2D eigenvalue weighted by molar-refractivity contribution is -0.116. The number of rotatable bonds is 7. The number of halogens is 3. The summed E-state index contributed by atoms with van der Waals surface area (Å²) < 4.78 is 34.4. The van der Waals surface area contributed by atoms with Gasteiger partial charge in [-0.05, 0) is 82.7 Å². The zero-order valence-electron chi connectivity index (χ0n) is 19.3. The molecular formula is C27H21BrF2N4O2S. The molecule has 188 valence electrons. The molecule has 10 heteroatoms. The minimum atomic E-state index is -0.502. The number of furan rings is 1. The highest BCUT2D eigenvalue weighted by Crippen LogP contribution is 2.41. The minimum Gasteiger partial charge on any atom is -0.459 e. The van der Waals surface area contributed by atoms with Gasteiger partial charge in [-0.25, -0.2) is 8.78 Å². The Morgan fingerprint density at radius 2 is 1.92 bits per heavy atom. The van der Waals surface area contributed by atoms with Gasteiger partial charge in [0.2, 0.25) is 5.91 Å². The second-order valence-corrected chi connectivity index (χ2v) is 9.67. The van der Waals surface area contributed by atoms with Crippen molar-refractivity contribution in [2.75, 3.05) is 11.9 Å². The standard InChI is InChI=1S/C27H21BrF2N4O2S/c28-18-15-16(29)8-9-17(18)22-10-11-23(36-22)26-25(21-7-3-4-13-31-21)33-27(37)34(26)14-12-24(35)32-20-6-2-1-5-19(20)30/h1-11,13,15,25-26H,12,14H2,(H,32,35)(H,33,37)/t25-,26-/m1/s1. The number of pyridine rings is 1. The van der Waals surface area contributed by atoms with Crippen LogP contribution < -0.4 is 10.6 Å². The molecule has 5 rings (SSSR count). The Bertz CT molecular complexity index is 1450. The van der Waals surface area contributed by atoms with Gasteiger partial charge in [0.1, 0.15) is 29.2 Å². The van der Waals surface area contributed by atoms with E-state index in [1.165, 1.54) is 24.3 Å². The molecule has 0 saturated carbocycles. The maximum atomic E-state index is 14.0. The van der Waals surface area contributed by atoms with Crippen molar-refractivity contribution in [2.45, 2.75) is 18.5 Å². The van der Waals surface area contributed by atoms with Crippen molar-refractivity contribution in [2.24, 2.45) is 0 Å². The summed E-state index contributed by atoms with van der Waals surface area (Å²) in [4.78, 5) is 19.0. The highest BCUT2D eigenvalue weighted by atomic mass is 79.9. The van der Waals surface area contributed by atoms with Gasteiger partial charge in [-0.3, -0.25) is 9.78 Å². The lowest BCUT2D eigenvalue weighted by Gasteiger charge is -2.25. The molecule has 2 aromatic heterocycles. The molecule has 1 aliphatic rings. The number of hydrogen-bond donors (Lipinski definition) is 2. The van der Waals surface area contributed by atoms with Crippen LogP contribution in [0.1, 0.15) is 30.0 Å². The molecule has 2 N–H and O–H groups in total. The maximum absolute atomic E-state index is 14.0. The predicted octanol–water partition coefficient (Wildman–Crippen LogP) is 6.38. The van der Waals surface area contributed by atoms with Crippen molar-refractivity contribution < 1.29 is 18.0 Å². The second-order valence-electron chi connectivity index (χ2n) is 8.42. The summed E-state index contributed by atoms with van der Waals surface area (Å²) in [6.45, 7) is 0.260. The molecule has 0 spiro atoms. The highest BCUT2D eigenvalue weighted by Gasteiger charge is 2.41. The van der Waals surface area contributed by atoms with Gasteiger partial charge >= 0.3 is 0 Å². The van der Waals surface area contributed by atoms with E-state index in [2.05, 4.69) is 31.5 Å². The van der Waals surface area contributed by atoms with Crippen molar-refractivity contribution in [1.82, 2.24) is 15.2 Å². The van der Waals surface area contributed by atoms with Gasteiger partial charge in [-0.2, -0.15) is 0 Å². The monoisotopic (exact) mass is 582 g/mol. The molecule has 0 bridgehead atoms. The van der Waals surface area contributed by atoms with Crippen LogP contribution in [-0.4, -0.2) is 27.4 Å². The van der Waals surface area contributed by atoms with Gasteiger partial charge in [0.05, 0.1) is 17.4 Å². The average Bonchev–Trinajstić information content (AvgIpc) is 3.49. The van der Waals surface area contributed by atoms with Crippen LogP contribution in [0.5, 0.6) is 0 Å². The van der Waals surface area contributed by atoms with Crippen molar-refractivity contribution >= 4 is 44.9 Å². The van der Waals surface area contributed by atoms with Crippen LogP contribution >= 0.6 is 28.1 Å². The number of nitrogens with one attached hydrogen (secondary N) is 2. The average molecular weight is 583 g/mol. The first-order valence-corrected chi connectivity index (χ1v) is 12.7.